The number of carbonyl (C=O) groups excluding carboxylic acids is 2. The van der Waals surface area contributed by atoms with Crippen LogP contribution in [-0.2, 0) is 20.9 Å². The second-order valence-electron chi connectivity index (χ2n) is 5.70. The third-order valence-electron chi connectivity index (χ3n) is 3.67. The fraction of sp³-hybridized carbons (Fsp3) is 0.333. The number of ether oxygens (including phenoxy) is 1. The second kappa shape index (κ2) is 10.4. The second-order valence-corrected chi connectivity index (χ2v) is 5.70. The van der Waals surface area contributed by atoms with E-state index in [1.165, 1.54) is 29.2 Å². The van der Waals surface area contributed by atoms with Crippen molar-refractivity contribution >= 4 is 11.9 Å². The molecule has 0 aliphatic rings. The summed E-state index contributed by atoms with van der Waals surface area (Å²) in [4.78, 5) is 37.1. The highest BCUT2D eigenvalue weighted by Gasteiger charge is 2.18. The molecule has 29 heavy (non-hydrogen) atoms. The molecule has 0 atom stereocenters. The monoisotopic (exact) mass is 401 g/mol. The zero-order chi connectivity index (χ0) is 21.2. The molecule has 2 rings (SSSR count). The minimum Gasteiger partial charge on any atom is -0.454 e. The van der Waals surface area contributed by atoms with Gasteiger partial charge in [-0.2, -0.15) is 15.2 Å². The van der Waals surface area contributed by atoms with E-state index in [0.29, 0.717) is 10.2 Å². The van der Waals surface area contributed by atoms with E-state index in [1.54, 1.807) is 0 Å². The number of halogens is 1. The molecular weight excluding hydrogens is 385 g/mol. The first kappa shape index (κ1) is 21.3. The van der Waals surface area contributed by atoms with Gasteiger partial charge in [0.15, 0.2) is 6.61 Å². The maximum absolute atomic E-state index is 13.0. The minimum atomic E-state index is -0.919. The number of aromatic nitrogens is 2. The van der Waals surface area contributed by atoms with Gasteiger partial charge < -0.3 is 14.1 Å². The molecule has 0 radical (unpaired) electrons. The Kier molecular flexibility index (Phi) is 7.62. The quantitative estimate of drug-likeness (QED) is 0.563. The molecule has 1 heterocycles. The predicted octanol–water partition coefficient (Wildman–Crippen LogP) is 0.842. The fourth-order valence-electron chi connectivity index (χ4n) is 2.25. The van der Waals surface area contributed by atoms with Crippen LogP contribution in [0.2, 0.25) is 0 Å². The number of hydrogen-bond acceptors (Lipinski definition) is 8. The van der Waals surface area contributed by atoms with Crippen LogP contribution in [0.1, 0.15) is 12.8 Å². The number of nitrogens with zero attached hydrogens (tertiary/aromatic N) is 5. The highest BCUT2D eigenvalue weighted by molar-refractivity contribution is 5.80. The number of amides is 1. The Balaban J connectivity index is 1.94. The number of esters is 1. The van der Waals surface area contributed by atoms with Crippen LogP contribution < -0.4 is 5.76 Å². The molecule has 2 aromatic rings. The van der Waals surface area contributed by atoms with E-state index in [1.807, 2.05) is 12.1 Å². The maximum atomic E-state index is 13.0. The molecule has 1 amide bonds. The molecule has 0 aliphatic carbocycles. The van der Waals surface area contributed by atoms with Gasteiger partial charge in [0.1, 0.15) is 12.4 Å². The summed E-state index contributed by atoms with van der Waals surface area (Å²) in [5.74, 6) is -2.96. The topological polar surface area (TPSA) is 142 Å². The van der Waals surface area contributed by atoms with E-state index in [0.717, 1.165) is 0 Å². The Bertz CT molecular complexity index is 981. The average molecular weight is 401 g/mol. The van der Waals surface area contributed by atoms with Crippen LogP contribution in [0.25, 0.3) is 11.5 Å². The summed E-state index contributed by atoms with van der Waals surface area (Å²) in [6.45, 7) is -0.975. The first-order valence-corrected chi connectivity index (χ1v) is 8.45. The summed E-state index contributed by atoms with van der Waals surface area (Å²) in [6.07, 6.45) is 0.150. The number of hydrogen-bond donors (Lipinski definition) is 0. The molecule has 0 aliphatic heterocycles. The Labute approximate surface area is 164 Å². The van der Waals surface area contributed by atoms with Gasteiger partial charge in [0.05, 0.1) is 25.0 Å². The summed E-state index contributed by atoms with van der Waals surface area (Å²) in [5, 5.41) is 21.1. The molecule has 1 aromatic carbocycles. The Hall–Kier alpha value is -3.99. The molecule has 0 saturated carbocycles. The number of carbonyl (C=O) groups is 2. The Morgan fingerprint density at radius 1 is 1.17 bits per heavy atom. The molecule has 0 N–H and O–H groups in total. The van der Waals surface area contributed by atoms with E-state index >= 15 is 0 Å². The Morgan fingerprint density at radius 2 is 1.79 bits per heavy atom. The smallest absolute Gasteiger partial charge is 0.437 e. The van der Waals surface area contributed by atoms with Gasteiger partial charge in [-0.25, -0.2) is 9.18 Å². The van der Waals surface area contributed by atoms with Gasteiger partial charge in [0.2, 0.25) is 5.89 Å². The number of rotatable bonds is 9. The van der Waals surface area contributed by atoms with Crippen LogP contribution in [-0.4, -0.2) is 46.3 Å². The molecule has 10 nitrogen and oxygen atoms in total. The van der Waals surface area contributed by atoms with Crippen molar-refractivity contribution in [1.82, 2.24) is 14.7 Å². The summed E-state index contributed by atoms with van der Waals surface area (Å²) in [6, 6.07) is 8.83. The van der Waals surface area contributed by atoms with Crippen molar-refractivity contribution in [3.05, 3.63) is 40.6 Å². The summed E-state index contributed by atoms with van der Waals surface area (Å²) in [7, 11) is 0. The molecule has 0 fully saturated rings. The zero-order valence-electron chi connectivity index (χ0n) is 15.2. The van der Waals surface area contributed by atoms with Gasteiger partial charge >= 0.3 is 11.7 Å². The number of benzene rings is 1. The van der Waals surface area contributed by atoms with Crippen LogP contribution in [0.5, 0.6) is 0 Å². The van der Waals surface area contributed by atoms with Gasteiger partial charge in [-0.05, 0) is 24.3 Å². The van der Waals surface area contributed by atoms with Gasteiger partial charge in [0.25, 0.3) is 5.91 Å². The maximum Gasteiger partial charge on any atom is 0.437 e. The molecular formula is C18H16FN5O5. The largest absolute Gasteiger partial charge is 0.454 e. The fourth-order valence-corrected chi connectivity index (χ4v) is 2.25. The van der Waals surface area contributed by atoms with Crippen molar-refractivity contribution in [2.45, 2.75) is 19.4 Å². The average Bonchev–Trinajstić information content (AvgIpc) is 3.07. The van der Waals surface area contributed by atoms with E-state index in [4.69, 9.17) is 19.7 Å². The van der Waals surface area contributed by atoms with Crippen LogP contribution in [0.15, 0.2) is 33.5 Å². The van der Waals surface area contributed by atoms with Crippen molar-refractivity contribution in [3.8, 4) is 23.6 Å². The van der Waals surface area contributed by atoms with E-state index in [9.17, 15) is 18.8 Å². The van der Waals surface area contributed by atoms with Crippen molar-refractivity contribution in [2.75, 3.05) is 19.7 Å². The molecule has 0 saturated heterocycles. The lowest BCUT2D eigenvalue weighted by atomic mass is 10.2. The highest BCUT2D eigenvalue weighted by atomic mass is 19.1. The molecule has 11 heteroatoms. The van der Waals surface area contributed by atoms with Crippen molar-refractivity contribution in [1.29, 1.82) is 10.5 Å². The van der Waals surface area contributed by atoms with Gasteiger partial charge in [-0.3, -0.25) is 9.59 Å². The summed E-state index contributed by atoms with van der Waals surface area (Å²) < 4.78 is 23.4. The van der Waals surface area contributed by atoms with Crippen LogP contribution in [0, 0.1) is 28.5 Å². The summed E-state index contributed by atoms with van der Waals surface area (Å²) in [5.41, 5.74) is 0.344. The minimum absolute atomic E-state index is 0.0750. The van der Waals surface area contributed by atoms with Crippen LogP contribution in [0.4, 0.5) is 4.39 Å². The van der Waals surface area contributed by atoms with E-state index in [-0.39, 0.29) is 31.8 Å². The summed E-state index contributed by atoms with van der Waals surface area (Å²) >= 11 is 0. The van der Waals surface area contributed by atoms with Gasteiger partial charge in [-0.15, -0.1) is 5.10 Å². The third kappa shape index (κ3) is 6.29. The third-order valence-corrected chi connectivity index (χ3v) is 3.67. The first-order valence-electron chi connectivity index (χ1n) is 8.45. The van der Waals surface area contributed by atoms with E-state index < -0.39 is 36.6 Å². The van der Waals surface area contributed by atoms with E-state index in [2.05, 4.69) is 5.10 Å². The molecule has 1 aromatic heterocycles. The van der Waals surface area contributed by atoms with Crippen molar-refractivity contribution in [2.24, 2.45) is 0 Å². The normalized spacial score (nSPS) is 10.0. The molecule has 150 valence electrons. The SMILES string of the molecule is N#CCCN(CCC#N)C(=O)COC(=O)Cn1nc(-c2ccc(F)cc2)oc1=O. The van der Waals surface area contributed by atoms with Crippen molar-refractivity contribution in [3.63, 3.8) is 0 Å². The predicted molar refractivity (Wildman–Crippen MR) is 94.2 cm³/mol. The lowest BCUT2D eigenvalue weighted by molar-refractivity contribution is -0.152. The van der Waals surface area contributed by atoms with Crippen LogP contribution >= 0.6 is 0 Å². The Morgan fingerprint density at radius 3 is 2.38 bits per heavy atom. The standard InChI is InChI=1S/C18H16FN5O5/c19-14-5-3-13(4-6-14)17-22-24(18(27)29-17)11-16(26)28-12-15(25)23(9-1-7-20)10-2-8-21/h3-6H,1-2,9-12H2. The number of nitriles is 2. The zero-order valence-corrected chi connectivity index (χ0v) is 15.2. The molecule has 0 bridgehead atoms. The molecule has 0 spiro atoms. The molecule has 0 unspecified atom stereocenters. The van der Waals surface area contributed by atoms with Gasteiger partial charge in [0, 0.05) is 18.7 Å². The lowest BCUT2D eigenvalue weighted by Gasteiger charge is -2.19. The first-order chi connectivity index (χ1) is 13.9. The van der Waals surface area contributed by atoms with Gasteiger partial charge in [-0.1, -0.05) is 0 Å². The van der Waals surface area contributed by atoms with Crippen molar-refractivity contribution < 1.29 is 23.1 Å². The lowest BCUT2D eigenvalue weighted by Crippen LogP contribution is -2.36. The van der Waals surface area contributed by atoms with Crippen LogP contribution in [0.3, 0.4) is 0 Å². The highest BCUT2D eigenvalue weighted by Crippen LogP contribution is 2.15.